The predicted molar refractivity (Wildman–Crippen MR) is 122 cm³/mol. The van der Waals surface area contributed by atoms with Crippen LogP contribution in [0.5, 0.6) is 23.3 Å². The van der Waals surface area contributed by atoms with E-state index < -0.39 is 16.9 Å². The molecule has 0 aliphatic carbocycles. The summed E-state index contributed by atoms with van der Waals surface area (Å²) in [5.74, 6) is 0.254. The zero-order valence-electron chi connectivity index (χ0n) is 19.7. The molecule has 4 aromatic rings. The summed E-state index contributed by atoms with van der Waals surface area (Å²) in [6.45, 7) is 2.36. The fourth-order valence-corrected chi connectivity index (χ4v) is 3.69. The average molecular weight is 532 g/mol. The second-order valence-electron chi connectivity index (χ2n) is 8.57. The normalized spacial score (nSPS) is 16.5. The van der Waals surface area contributed by atoms with Crippen molar-refractivity contribution in [1.29, 1.82) is 0 Å². The molecule has 0 unspecified atom stereocenters. The van der Waals surface area contributed by atoms with Crippen LogP contribution in [0.2, 0.25) is 0 Å². The molecule has 5 rings (SSSR count). The van der Waals surface area contributed by atoms with E-state index in [2.05, 4.69) is 20.0 Å². The number of halogens is 3. The molecule has 38 heavy (non-hydrogen) atoms. The molecular formula is C23H19F3N6O6. The maximum atomic E-state index is 12.3. The topological polar surface area (TPSA) is 129 Å². The molecule has 198 valence electrons. The van der Waals surface area contributed by atoms with Crippen LogP contribution in [0, 0.1) is 10.1 Å². The number of alkyl halides is 3. The summed E-state index contributed by atoms with van der Waals surface area (Å²) < 4.78 is 61.0. The molecule has 12 nitrogen and oxygen atoms in total. The number of hydrogen-bond acceptors (Lipinski definition) is 9. The molecule has 0 spiro atoms. The number of hydrogen-bond donors (Lipinski definition) is 0. The van der Waals surface area contributed by atoms with Gasteiger partial charge >= 0.3 is 18.2 Å². The van der Waals surface area contributed by atoms with Crippen molar-refractivity contribution < 1.29 is 37.0 Å². The Morgan fingerprint density at radius 3 is 2.58 bits per heavy atom. The van der Waals surface area contributed by atoms with Gasteiger partial charge in [-0.2, -0.15) is 0 Å². The van der Waals surface area contributed by atoms with Gasteiger partial charge in [-0.05, 0) is 48.2 Å². The van der Waals surface area contributed by atoms with Gasteiger partial charge in [-0.25, -0.2) is 4.68 Å². The Morgan fingerprint density at radius 2 is 1.87 bits per heavy atom. The summed E-state index contributed by atoms with van der Waals surface area (Å²) in [6.07, 6.45) is -1.79. The van der Waals surface area contributed by atoms with Gasteiger partial charge in [0.15, 0.2) is 5.60 Å². The van der Waals surface area contributed by atoms with Gasteiger partial charge in [0.05, 0.1) is 18.4 Å². The first-order valence-corrected chi connectivity index (χ1v) is 11.1. The van der Waals surface area contributed by atoms with E-state index in [9.17, 15) is 23.3 Å². The first-order valence-electron chi connectivity index (χ1n) is 11.1. The third-order valence-corrected chi connectivity index (χ3v) is 5.37. The smallest absolute Gasteiger partial charge is 0.489 e. The third-order valence-electron chi connectivity index (χ3n) is 5.37. The van der Waals surface area contributed by atoms with E-state index in [0.29, 0.717) is 29.4 Å². The number of nitro groups is 1. The van der Waals surface area contributed by atoms with Crippen LogP contribution >= 0.6 is 0 Å². The maximum absolute atomic E-state index is 12.3. The van der Waals surface area contributed by atoms with Crippen LogP contribution in [0.4, 0.5) is 19.0 Å². The first-order chi connectivity index (χ1) is 18.1. The fourth-order valence-electron chi connectivity index (χ4n) is 3.69. The molecule has 0 bridgehead atoms. The summed E-state index contributed by atoms with van der Waals surface area (Å²) in [5.41, 5.74) is 0.390. The van der Waals surface area contributed by atoms with Crippen molar-refractivity contribution in [2.24, 2.45) is 0 Å². The lowest BCUT2D eigenvalue weighted by Crippen LogP contribution is -2.38. The lowest BCUT2D eigenvalue weighted by Gasteiger charge is -2.22. The molecule has 0 amide bonds. The maximum Gasteiger partial charge on any atom is 0.573 e. The number of aromatic nitrogens is 5. The van der Waals surface area contributed by atoms with Gasteiger partial charge in [0.1, 0.15) is 42.4 Å². The molecule has 0 saturated carbocycles. The van der Waals surface area contributed by atoms with Gasteiger partial charge in [-0.3, -0.25) is 4.57 Å². The SMILES string of the molecule is C[C@]1(COc2cccc(-n3cc(COc4ccc(OC(F)(F)F)cc4)nn3)c2)Cn2cc([N+](=O)[O-])nc2O1. The number of fused-ring (bicyclic) bond motifs is 1. The van der Waals surface area contributed by atoms with Crippen molar-refractivity contribution in [2.75, 3.05) is 6.61 Å². The lowest BCUT2D eigenvalue weighted by molar-refractivity contribution is -0.389. The molecule has 0 N–H and O–H groups in total. The van der Waals surface area contributed by atoms with E-state index in [1.165, 1.54) is 23.0 Å². The van der Waals surface area contributed by atoms with Crippen LogP contribution in [0.3, 0.4) is 0 Å². The molecule has 3 heterocycles. The number of ether oxygens (including phenoxy) is 4. The molecule has 2 aromatic carbocycles. The van der Waals surface area contributed by atoms with Crippen molar-refractivity contribution in [3.8, 4) is 28.9 Å². The largest absolute Gasteiger partial charge is 0.573 e. The van der Waals surface area contributed by atoms with Crippen LogP contribution in [0.15, 0.2) is 60.9 Å². The molecule has 1 aliphatic heterocycles. The molecule has 0 radical (unpaired) electrons. The minimum Gasteiger partial charge on any atom is -0.489 e. The Balaban J connectivity index is 1.16. The second-order valence-corrected chi connectivity index (χ2v) is 8.57. The minimum atomic E-state index is -4.76. The monoisotopic (exact) mass is 532 g/mol. The molecule has 2 aromatic heterocycles. The molecule has 0 fully saturated rings. The summed E-state index contributed by atoms with van der Waals surface area (Å²) in [4.78, 5) is 14.2. The zero-order valence-corrected chi connectivity index (χ0v) is 19.7. The molecule has 0 saturated heterocycles. The molecule has 1 aliphatic rings. The first kappa shape index (κ1) is 24.9. The van der Waals surface area contributed by atoms with Gasteiger partial charge in [-0.15, -0.1) is 18.3 Å². The zero-order chi connectivity index (χ0) is 26.9. The highest BCUT2D eigenvalue weighted by Gasteiger charge is 2.41. The molecule has 15 heteroatoms. The number of rotatable bonds is 9. The van der Waals surface area contributed by atoms with Crippen LogP contribution in [-0.2, 0) is 13.2 Å². The lowest BCUT2D eigenvalue weighted by atomic mass is 10.1. The summed E-state index contributed by atoms with van der Waals surface area (Å²) >= 11 is 0. The van der Waals surface area contributed by atoms with E-state index in [-0.39, 0.29) is 30.8 Å². The van der Waals surface area contributed by atoms with Crippen molar-refractivity contribution in [3.63, 3.8) is 0 Å². The highest BCUT2D eigenvalue weighted by molar-refractivity contribution is 5.39. The van der Waals surface area contributed by atoms with Crippen LogP contribution < -0.4 is 18.9 Å². The minimum absolute atomic E-state index is 0.0400. The van der Waals surface area contributed by atoms with Gasteiger partial charge in [-0.1, -0.05) is 11.3 Å². The Bertz CT molecular complexity index is 1430. The van der Waals surface area contributed by atoms with Gasteiger partial charge < -0.3 is 29.1 Å². The summed E-state index contributed by atoms with van der Waals surface area (Å²) in [7, 11) is 0. The van der Waals surface area contributed by atoms with Crippen molar-refractivity contribution in [2.45, 2.75) is 32.0 Å². The van der Waals surface area contributed by atoms with Gasteiger partial charge in [0.2, 0.25) is 0 Å². The quantitative estimate of drug-likeness (QED) is 0.231. The highest BCUT2D eigenvalue weighted by atomic mass is 19.4. The van der Waals surface area contributed by atoms with Crippen LogP contribution in [-0.4, -0.2) is 48.0 Å². The van der Waals surface area contributed by atoms with Gasteiger partial charge in [0, 0.05) is 11.1 Å². The summed E-state index contributed by atoms with van der Waals surface area (Å²) in [6, 6.07) is 12.3. The summed E-state index contributed by atoms with van der Waals surface area (Å²) in [5, 5.41) is 19.0. The Kier molecular flexibility index (Phi) is 6.26. The number of nitrogens with zero attached hydrogens (tertiary/aromatic N) is 6. The van der Waals surface area contributed by atoms with Crippen LogP contribution in [0.1, 0.15) is 12.6 Å². The molecular weight excluding hydrogens is 513 g/mol. The Labute approximate surface area is 212 Å². The second kappa shape index (κ2) is 9.57. The van der Waals surface area contributed by atoms with Crippen molar-refractivity contribution in [3.05, 3.63) is 76.7 Å². The van der Waals surface area contributed by atoms with Gasteiger partial charge in [0.25, 0.3) is 0 Å². The molecule has 1 atom stereocenters. The predicted octanol–water partition coefficient (Wildman–Crippen LogP) is 4.08. The van der Waals surface area contributed by atoms with Crippen molar-refractivity contribution >= 4 is 5.82 Å². The van der Waals surface area contributed by atoms with E-state index in [4.69, 9.17) is 14.2 Å². The van der Waals surface area contributed by atoms with E-state index in [1.807, 2.05) is 6.92 Å². The average Bonchev–Trinajstić information content (AvgIpc) is 3.56. The standard InChI is InChI=1S/C23H19F3N6O6/c1-22(13-30-11-20(32(33)34)27-21(30)38-22)14-36-19-4-2-3-16(9-19)31-10-15(28-29-31)12-35-17-5-7-18(8-6-17)37-23(24,25)26/h2-11H,12-14H2,1H3/t22-/m1/s1. The van der Waals surface area contributed by atoms with Crippen LogP contribution in [0.25, 0.3) is 5.69 Å². The third kappa shape index (κ3) is 5.77. The van der Waals surface area contributed by atoms with E-state index >= 15 is 0 Å². The van der Waals surface area contributed by atoms with E-state index in [0.717, 1.165) is 12.1 Å². The van der Waals surface area contributed by atoms with Crippen molar-refractivity contribution in [1.82, 2.24) is 24.5 Å². The highest BCUT2D eigenvalue weighted by Crippen LogP contribution is 2.31. The fraction of sp³-hybridized carbons (Fsp3) is 0.261. The number of benzene rings is 2. The van der Waals surface area contributed by atoms with E-state index in [1.54, 1.807) is 35.0 Å². The number of imidazole rings is 1. The Hall–Kier alpha value is -4.82. The Morgan fingerprint density at radius 1 is 1.11 bits per heavy atom.